The smallest absolute Gasteiger partial charge is 0.335 e. The highest BCUT2D eigenvalue weighted by Crippen LogP contribution is 2.33. The van der Waals surface area contributed by atoms with E-state index in [0.29, 0.717) is 12.1 Å². The van der Waals surface area contributed by atoms with Gasteiger partial charge in [0, 0.05) is 11.4 Å². The molecule has 1 aromatic heterocycles. The van der Waals surface area contributed by atoms with Gasteiger partial charge in [-0.1, -0.05) is 18.2 Å². The van der Waals surface area contributed by atoms with E-state index in [2.05, 4.69) is 11.4 Å². The summed E-state index contributed by atoms with van der Waals surface area (Å²) in [6.07, 6.45) is 1.01. The highest BCUT2D eigenvalue weighted by atomic mass is 32.1. The summed E-state index contributed by atoms with van der Waals surface area (Å²) in [5.74, 6) is -1.01. The Morgan fingerprint density at radius 1 is 1.32 bits per heavy atom. The van der Waals surface area contributed by atoms with Gasteiger partial charge in [0.2, 0.25) is 5.91 Å². The van der Waals surface area contributed by atoms with Crippen LogP contribution in [0, 0.1) is 0 Å². The molecule has 2 aromatic rings. The van der Waals surface area contributed by atoms with E-state index < -0.39 is 5.97 Å². The molecule has 0 radical (unpaired) electrons. The second-order valence-electron chi connectivity index (χ2n) is 5.45. The molecule has 1 N–H and O–H groups in total. The Morgan fingerprint density at radius 2 is 2.09 bits per heavy atom. The van der Waals surface area contributed by atoms with Gasteiger partial charge in [0.25, 0.3) is 0 Å². The molecule has 1 unspecified atom stereocenters. The third-order valence-electron chi connectivity index (χ3n) is 4.19. The Bertz CT molecular complexity index is 722. The molecule has 0 saturated carbocycles. The minimum absolute atomic E-state index is 0.0157. The Hall–Kier alpha value is -2.14. The van der Waals surface area contributed by atoms with Crippen LogP contribution in [0.4, 0.5) is 0 Å². The molecule has 0 spiro atoms. The molecule has 5 heteroatoms. The van der Waals surface area contributed by atoms with E-state index in [0.717, 1.165) is 6.42 Å². The normalized spacial score (nSPS) is 17.1. The number of carboxylic acid groups (broad SMARTS) is 1. The zero-order chi connectivity index (χ0) is 15.7. The number of carbonyl (C=O) groups is 2. The van der Waals surface area contributed by atoms with Gasteiger partial charge in [0.15, 0.2) is 0 Å². The molecule has 1 atom stereocenters. The molecule has 2 heterocycles. The van der Waals surface area contributed by atoms with Gasteiger partial charge < -0.3 is 10.0 Å². The van der Waals surface area contributed by atoms with Gasteiger partial charge in [-0.25, -0.2) is 4.79 Å². The number of amides is 1. The lowest BCUT2D eigenvalue weighted by Gasteiger charge is -2.34. The van der Waals surface area contributed by atoms with Crippen molar-refractivity contribution in [3.05, 3.63) is 57.3 Å². The van der Waals surface area contributed by atoms with Gasteiger partial charge in [-0.3, -0.25) is 4.79 Å². The second-order valence-corrected chi connectivity index (χ2v) is 6.45. The molecule has 0 saturated heterocycles. The number of nitrogens with zero attached hydrogens (tertiary/aromatic N) is 1. The fourth-order valence-electron chi connectivity index (χ4n) is 3.00. The standard InChI is InChI=1S/C17H17NO3S/c1-11-13-7-9-22-15(13)6-8-18(11)16(19)10-12-4-2-3-5-14(12)17(20)21/h2-5,7,9,11H,6,8,10H2,1H3,(H,20,21). The summed E-state index contributed by atoms with van der Waals surface area (Å²) < 4.78 is 0. The molecule has 0 bridgehead atoms. The number of hydrogen-bond acceptors (Lipinski definition) is 3. The van der Waals surface area contributed by atoms with Crippen molar-refractivity contribution in [2.24, 2.45) is 0 Å². The molecule has 1 amide bonds. The van der Waals surface area contributed by atoms with Crippen molar-refractivity contribution in [2.75, 3.05) is 6.54 Å². The highest BCUT2D eigenvalue weighted by Gasteiger charge is 2.28. The first-order chi connectivity index (χ1) is 10.6. The van der Waals surface area contributed by atoms with Crippen LogP contribution in [-0.4, -0.2) is 28.4 Å². The number of aromatic carboxylic acids is 1. The van der Waals surface area contributed by atoms with Gasteiger partial charge in [0.1, 0.15) is 0 Å². The molecule has 4 nitrogen and oxygen atoms in total. The van der Waals surface area contributed by atoms with Crippen molar-refractivity contribution in [2.45, 2.75) is 25.8 Å². The quantitative estimate of drug-likeness (QED) is 0.946. The number of carboxylic acids is 1. The zero-order valence-corrected chi connectivity index (χ0v) is 13.1. The van der Waals surface area contributed by atoms with Crippen LogP contribution in [0.5, 0.6) is 0 Å². The first kappa shape index (κ1) is 14.8. The van der Waals surface area contributed by atoms with E-state index in [9.17, 15) is 14.7 Å². The fraction of sp³-hybridized carbons (Fsp3) is 0.294. The van der Waals surface area contributed by atoms with E-state index in [4.69, 9.17) is 0 Å². The van der Waals surface area contributed by atoms with E-state index in [1.165, 1.54) is 10.4 Å². The molecule has 1 aromatic carbocycles. The van der Waals surface area contributed by atoms with Crippen LogP contribution in [-0.2, 0) is 17.6 Å². The molecular formula is C17H17NO3S. The predicted molar refractivity (Wildman–Crippen MR) is 85.3 cm³/mol. The summed E-state index contributed by atoms with van der Waals surface area (Å²) in [4.78, 5) is 27.1. The number of carbonyl (C=O) groups excluding carboxylic acids is 1. The predicted octanol–water partition coefficient (Wildman–Crippen LogP) is 3.13. The number of thiophene rings is 1. The summed E-state index contributed by atoms with van der Waals surface area (Å²) in [6.45, 7) is 2.73. The van der Waals surface area contributed by atoms with Gasteiger partial charge in [0.05, 0.1) is 18.0 Å². The van der Waals surface area contributed by atoms with Crippen LogP contribution in [0.3, 0.4) is 0 Å². The SMILES string of the molecule is CC1c2ccsc2CCN1C(=O)Cc1ccccc1C(=O)O. The average Bonchev–Trinajstić information content (AvgIpc) is 2.97. The van der Waals surface area contributed by atoms with Gasteiger partial charge in [-0.05, 0) is 42.0 Å². The molecule has 1 aliphatic rings. The summed E-state index contributed by atoms with van der Waals surface area (Å²) in [6, 6.07) is 8.84. The summed E-state index contributed by atoms with van der Waals surface area (Å²) in [5.41, 5.74) is 2.00. The molecule has 0 fully saturated rings. The maximum atomic E-state index is 12.6. The van der Waals surface area contributed by atoms with Crippen LogP contribution < -0.4 is 0 Å². The van der Waals surface area contributed by atoms with E-state index in [1.54, 1.807) is 35.6 Å². The monoisotopic (exact) mass is 315 g/mol. The molecule has 0 aliphatic carbocycles. The van der Waals surface area contributed by atoms with Gasteiger partial charge in [-0.15, -0.1) is 11.3 Å². The minimum atomic E-state index is -0.991. The third kappa shape index (κ3) is 2.64. The van der Waals surface area contributed by atoms with E-state index in [1.807, 2.05) is 11.8 Å². The van der Waals surface area contributed by atoms with Crippen LogP contribution in [0.1, 0.15) is 39.3 Å². The third-order valence-corrected chi connectivity index (χ3v) is 5.18. The molecule has 114 valence electrons. The minimum Gasteiger partial charge on any atom is -0.478 e. The average molecular weight is 315 g/mol. The summed E-state index contributed by atoms with van der Waals surface area (Å²) in [7, 11) is 0. The Kier molecular flexibility index (Phi) is 3.98. The Labute approximate surface area is 133 Å². The number of rotatable bonds is 3. The van der Waals surface area contributed by atoms with Gasteiger partial charge >= 0.3 is 5.97 Å². The van der Waals surface area contributed by atoms with Crippen molar-refractivity contribution in [3.8, 4) is 0 Å². The number of benzene rings is 1. The topological polar surface area (TPSA) is 57.6 Å². The van der Waals surface area contributed by atoms with Crippen molar-refractivity contribution < 1.29 is 14.7 Å². The van der Waals surface area contributed by atoms with Crippen molar-refractivity contribution in [3.63, 3.8) is 0 Å². The second kappa shape index (κ2) is 5.93. The van der Waals surface area contributed by atoms with Gasteiger partial charge in [-0.2, -0.15) is 0 Å². The molecule has 1 aliphatic heterocycles. The van der Waals surface area contributed by atoms with Crippen LogP contribution in [0.2, 0.25) is 0 Å². The van der Waals surface area contributed by atoms with E-state index >= 15 is 0 Å². The zero-order valence-electron chi connectivity index (χ0n) is 12.3. The fourth-order valence-corrected chi connectivity index (χ4v) is 3.96. The Morgan fingerprint density at radius 3 is 2.86 bits per heavy atom. The van der Waals surface area contributed by atoms with Crippen LogP contribution in [0.25, 0.3) is 0 Å². The Balaban J connectivity index is 1.80. The maximum Gasteiger partial charge on any atom is 0.335 e. The van der Waals surface area contributed by atoms with Crippen molar-refractivity contribution in [1.82, 2.24) is 4.90 Å². The number of fused-ring (bicyclic) bond motifs is 1. The lowest BCUT2D eigenvalue weighted by atomic mass is 9.99. The lowest BCUT2D eigenvalue weighted by Crippen LogP contribution is -2.39. The number of hydrogen-bond donors (Lipinski definition) is 1. The van der Waals surface area contributed by atoms with Crippen molar-refractivity contribution >= 4 is 23.2 Å². The molecular weight excluding hydrogens is 298 g/mol. The maximum absolute atomic E-state index is 12.6. The largest absolute Gasteiger partial charge is 0.478 e. The summed E-state index contributed by atoms with van der Waals surface area (Å²) >= 11 is 1.74. The van der Waals surface area contributed by atoms with Crippen molar-refractivity contribution in [1.29, 1.82) is 0 Å². The lowest BCUT2D eigenvalue weighted by molar-refractivity contribution is -0.133. The van der Waals surface area contributed by atoms with Crippen LogP contribution >= 0.6 is 11.3 Å². The highest BCUT2D eigenvalue weighted by molar-refractivity contribution is 7.10. The molecule has 3 rings (SSSR count). The van der Waals surface area contributed by atoms with E-state index in [-0.39, 0.29) is 23.9 Å². The molecule has 22 heavy (non-hydrogen) atoms. The first-order valence-corrected chi connectivity index (χ1v) is 8.13. The summed E-state index contributed by atoms with van der Waals surface area (Å²) in [5, 5.41) is 11.3. The van der Waals surface area contributed by atoms with Crippen LogP contribution in [0.15, 0.2) is 35.7 Å². The first-order valence-electron chi connectivity index (χ1n) is 7.25.